The van der Waals surface area contributed by atoms with E-state index in [1.54, 1.807) is 11.0 Å². The Hall–Kier alpha value is -1.93. The van der Waals surface area contributed by atoms with Gasteiger partial charge in [0.05, 0.1) is 30.6 Å². The number of carbonyl (C=O) groups excluding carboxylic acids is 2. The summed E-state index contributed by atoms with van der Waals surface area (Å²) in [6, 6.07) is -1.47. The Morgan fingerprint density at radius 1 is 1.40 bits per heavy atom. The SMILES string of the molecule is C=CCN(CCCCC)C(=O)C1N([C@@H](CC)CO)C(=O)[C@@H]2[C@@H](C(=O)O)[C@H]3CCC12O3. The lowest BCUT2D eigenvalue weighted by Crippen LogP contribution is -2.58. The van der Waals surface area contributed by atoms with Crippen LogP contribution in [-0.2, 0) is 19.1 Å². The van der Waals surface area contributed by atoms with E-state index < -0.39 is 41.6 Å². The number of ether oxygens (including phenoxy) is 1. The lowest BCUT2D eigenvalue weighted by Gasteiger charge is -2.39. The van der Waals surface area contributed by atoms with Crippen molar-refractivity contribution < 1.29 is 29.3 Å². The Morgan fingerprint density at radius 2 is 2.13 bits per heavy atom. The molecule has 0 aliphatic carbocycles. The highest BCUT2D eigenvalue weighted by Gasteiger charge is 2.75. The summed E-state index contributed by atoms with van der Waals surface area (Å²) in [5.41, 5.74) is -1.13. The molecule has 2 unspecified atom stereocenters. The molecule has 0 aromatic heterocycles. The number of hydrogen-bond acceptors (Lipinski definition) is 5. The number of likely N-dealkylation sites (tertiary alicyclic amines) is 1. The van der Waals surface area contributed by atoms with Gasteiger partial charge < -0.3 is 24.7 Å². The van der Waals surface area contributed by atoms with Gasteiger partial charge in [-0.05, 0) is 25.7 Å². The van der Waals surface area contributed by atoms with Crippen LogP contribution in [0.15, 0.2) is 12.7 Å². The molecule has 3 rings (SSSR count). The minimum atomic E-state index is -1.13. The second-order valence-electron chi connectivity index (χ2n) is 8.66. The summed E-state index contributed by atoms with van der Waals surface area (Å²) in [6.07, 6.45) is 5.42. The summed E-state index contributed by atoms with van der Waals surface area (Å²) in [6.45, 7) is 8.30. The van der Waals surface area contributed by atoms with Crippen molar-refractivity contribution in [1.82, 2.24) is 9.80 Å². The first kappa shape index (κ1) is 22.7. The maximum absolute atomic E-state index is 13.8. The van der Waals surface area contributed by atoms with Crippen LogP contribution in [0.4, 0.5) is 0 Å². The van der Waals surface area contributed by atoms with E-state index in [0.717, 1.165) is 19.3 Å². The van der Waals surface area contributed by atoms with Crippen molar-refractivity contribution in [3.8, 4) is 0 Å². The van der Waals surface area contributed by atoms with Gasteiger partial charge in [-0.2, -0.15) is 0 Å². The van der Waals surface area contributed by atoms with Gasteiger partial charge in [-0.15, -0.1) is 6.58 Å². The molecule has 2 bridgehead atoms. The van der Waals surface area contributed by atoms with Gasteiger partial charge in [-0.1, -0.05) is 32.8 Å². The minimum absolute atomic E-state index is 0.236. The van der Waals surface area contributed by atoms with Gasteiger partial charge in [0.25, 0.3) is 0 Å². The quantitative estimate of drug-likeness (QED) is 0.385. The molecule has 3 heterocycles. The van der Waals surface area contributed by atoms with Crippen LogP contribution in [0.2, 0.25) is 0 Å². The zero-order valence-corrected chi connectivity index (χ0v) is 18.0. The normalized spacial score (nSPS) is 32.9. The third kappa shape index (κ3) is 3.43. The lowest BCUT2D eigenvalue weighted by molar-refractivity contribution is -0.153. The fourth-order valence-electron chi connectivity index (χ4n) is 5.63. The molecule has 0 aromatic carbocycles. The van der Waals surface area contributed by atoms with Crippen LogP contribution in [0.1, 0.15) is 52.4 Å². The van der Waals surface area contributed by atoms with E-state index in [-0.39, 0.29) is 18.4 Å². The highest BCUT2D eigenvalue weighted by molar-refractivity contribution is 5.98. The molecule has 3 aliphatic heterocycles. The van der Waals surface area contributed by atoms with Gasteiger partial charge in [0.15, 0.2) is 0 Å². The third-order valence-electron chi connectivity index (χ3n) is 7.03. The third-order valence-corrected chi connectivity index (χ3v) is 7.03. The number of aliphatic hydroxyl groups is 1. The minimum Gasteiger partial charge on any atom is -0.481 e. The predicted octanol–water partition coefficient (Wildman–Crippen LogP) is 1.42. The number of amides is 2. The summed E-state index contributed by atoms with van der Waals surface area (Å²) in [7, 11) is 0. The highest BCUT2D eigenvalue weighted by atomic mass is 16.5. The number of unbranched alkanes of at least 4 members (excludes halogenated alkanes) is 2. The molecule has 2 amide bonds. The number of carboxylic acid groups (broad SMARTS) is 1. The first-order valence-corrected chi connectivity index (χ1v) is 11.1. The van der Waals surface area contributed by atoms with Crippen LogP contribution in [0.3, 0.4) is 0 Å². The van der Waals surface area contributed by atoms with Crippen LogP contribution in [-0.4, -0.2) is 81.3 Å². The van der Waals surface area contributed by atoms with Crippen molar-refractivity contribution in [3.63, 3.8) is 0 Å². The molecule has 30 heavy (non-hydrogen) atoms. The predicted molar refractivity (Wildman–Crippen MR) is 110 cm³/mol. The van der Waals surface area contributed by atoms with E-state index in [0.29, 0.717) is 32.4 Å². The average molecular weight is 423 g/mol. The molecular formula is C22H34N2O6. The molecule has 0 saturated carbocycles. The van der Waals surface area contributed by atoms with Crippen LogP contribution in [0.25, 0.3) is 0 Å². The van der Waals surface area contributed by atoms with E-state index in [1.165, 1.54) is 4.90 Å². The summed E-state index contributed by atoms with van der Waals surface area (Å²) in [5.74, 6) is -3.51. The number of carbonyl (C=O) groups is 3. The largest absolute Gasteiger partial charge is 0.481 e. The van der Waals surface area contributed by atoms with Crippen LogP contribution in [0.5, 0.6) is 0 Å². The molecule has 168 valence electrons. The van der Waals surface area contributed by atoms with Crippen molar-refractivity contribution in [2.45, 2.75) is 76.2 Å². The van der Waals surface area contributed by atoms with Crippen molar-refractivity contribution >= 4 is 17.8 Å². The van der Waals surface area contributed by atoms with Crippen molar-refractivity contribution in [2.75, 3.05) is 19.7 Å². The first-order valence-electron chi connectivity index (χ1n) is 11.1. The van der Waals surface area contributed by atoms with Crippen molar-refractivity contribution in [3.05, 3.63) is 12.7 Å². The van der Waals surface area contributed by atoms with Crippen LogP contribution in [0, 0.1) is 11.8 Å². The topological polar surface area (TPSA) is 107 Å². The molecule has 0 aromatic rings. The zero-order valence-electron chi connectivity index (χ0n) is 18.0. The summed E-state index contributed by atoms with van der Waals surface area (Å²) < 4.78 is 6.19. The number of nitrogens with zero attached hydrogens (tertiary/aromatic N) is 2. The number of hydrogen-bond donors (Lipinski definition) is 2. The lowest BCUT2D eigenvalue weighted by atomic mass is 9.70. The summed E-state index contributed by atoms with van der Waals surface area (Å²) in [4.78, 5) is 42.4. The number of aliphatic hydroxyl groups excluding tert-OH is 1. The van der Waals surface area contributed by atoms with Gasteiger partial charge in [-0.25, -0.2) is 0 Å². The monoisotopic (exact) mass is 422 g/mol. The summed E-state index contributed by atoms with van der Waals surface area (Å²) in [5, 5.41) is 19.7. The molecule has 3 saturated heterocycles. The molecule has 2 N–H and O–H groups in total. The Bertz CT molecular complexity index is 693. The van der Waals surface area contributed by atoms with Crippen LogP contribution < -0.4 is 0 Å². The first-order chi connectivity index (χ1) is 14.4. The van der Waals surface area contributed by atoms with Gasteiger partial charge in [0, 0.05) is 13.1 Å². The number of rotatable bonds is 11. The Labute approximate surface area is 177 Å². The van der Waals surface area contributed by atoms with Crippen molar-refractivity contribution in [1.29, 1.82) is 0 Å². The van der Waals surface area contributed by atoms with E-state index >= 15 is 0 Å². The Kier molecular flexibility index (Phi) is 6.87. The second kappa shape index (κ2) is 9.06. The molecule has 8 heteroatoms. The number of carboxylic acids is 1. The van der Waals surface area contributed by atoms with E-state index in [2.05, 4.69) is 13.5 Å². The Morgan fingerprint density at radius 3 is 2.70 bits per heavy atom. The van der Waals surface area contributed by atoms with Crippen LogP contribution >= 0.6 is 0 Å². The molecule has 3 fully saturated rings. The average Bonchev–Trinajstić information content (AvgIpc) is 3.36. The van der Waals surface area contributed by atoms with Crippen molar-refractivity contribution in [2.24, 2.45) is 11.8 Å². The fourth-order valence-corrected chi connectivity index (χ4v) is 5.63. The zero-order chi connectivity index (χ0) is 22.1. The Balaban J connectivity index is 2.01. The molecule has 0 radical (unpaired) electrons. The fraction of sp³-hybridized carbons (Fsp3) is 0.773. The van der Waals surface area contributed by atoms with E-state index in [4.69, 9.17) is 4.74 Å². The maximum atomic E-state index is 13.8. The molecule has 8 nitrogen and oxygen atoms in total. The number of aliphatic carboxylic acids is 1. The van der Waals surface area contributed by atoms with E-state index in [9.17, 15) is 24.6 Å². The molecule has 1 spiro atoms. The van der Waals surface area contributed by atoms with Gasteiger partial charge in [0.1, 0.15) is 11.6 Å². The smallest absolute Gasteiger partial charge is 0.310 e. The van der Waals surface area contributed by atoms with E-state index in [1.807, 2.05) is 6.92 Å². The van der Waals surface area contributed by atoms with Gasteiger partial charge in [0.2, 0.25) is 11.8 Å². The highest BCUT2D eigenvalue weighted by Crippen LogP contribution is 2.59. The molecular weight excluding hydrogens is 388 g/mol. The summed E-state index contributed by atoms with van der Waals surface area (Å²) >= 11 is 0. The van der Waals surface area contributed by atoms with Gasteiger partial charge in [-0.3, -0.25) is 14.4 Å². The molecule has 6 atom stereocenters. The maximum Gasteiger partial charge on any atom is 0.310 e. The standard InChI is InChI=1S/C22H34N2O6/c1-4-7-8-12-23(11-5-2)20(27)18-22-10-9-15(30-22)16(21(28)29)17(22)19(26)24(18)14(6-3)13-25/h5,14-18,25H,2,4,6-13H2,1,3H3,(H,28,29)/t14-,15+,16-,17-,18?,22?/m0/s1. The second-order valence-corrected chi connectivity index (χ2v) is 8.66. The van der Waals surface area contributed by atoms with Gasteiger partial charge >= 0.3 is 5.97 Å². The molecule has 3 aliphatic rings. The number of fused-ring (bicyclic) bond motifs is 1.